The number of hydrogen-bond acceptors (Lipinski definition) is 7. The third kappa shape index (κ3) is 7.18. The lowest BCUT2D eigenvalue weighted by atomic mass is 9.90. The average Bonchev–Trinajstić information content (AvgIpc) is 3.02. The van der Waals surface area contributed by atoms with E-state index in [-0.39, 0.29) is 26.4 Å². The topological polar surface area (TPSA) is 84.4 Å². The zero-order valence-electron chi connectivity index (χ0n) is 25.2. The zero-order chi connectivity index (χ0) is 29.9. The maximum absolute atomic E-state index is 13.4. The minimum absolute atomic E-state index is 0.0225. The molecule has 0 bridgehead atoms. The van der Waals surface area contributed by atoms with Gasteiger partial charge in [-0.05, 0) is 57.5 Å². The Morgan fingerprint density at radius 3 is 2.26 bits per heavy atom. The van der Waals surface area contributed by atoms with Gasteiger partial charge in [-0.1, -0.05) is 18.2 Å². The van der Waals surface area contributed by atoms with E-state index < -0.39 is 5.97 Å². The molecule has 0 unspecified atom stereocenters. The van der Waals surface area contributed by atoms with Gasteiger partial charge in [0.1, 0.15) is 31.0 Å². The molecule has 224 valence electrons. The Kier molecular flexibility index (Phi) is 11.5. The van der Waals surface area contributed by atoms with E-state index in [1.54, 1.807) is 6.07 Å². The van der Waals surface area contributed by atoms with Crippen molar-refractivity contribution in [3.63, 3.8) is 0 Å². The van der Waals surface area contributed by atoms with Gasteiger partial charge in [0, 0.05) is 47.4 Å². The number of nitrogens with zero attached hydrogens (tertiary/aromatic N) is 2. The molecule has 42 heavy (non-hydrogen) atoms. The number of anilines is 1. The Morgan fingerprint density at radius 1 is 0.833 bits per heavy atom. The molecule has 0 aromatic heterocycles. The molecule has 0 saturated carbocycles. The minimum Gasteiger partial charge on any atom is -0.460 e. The average molecular weight is 576 g/mol. The van der Waals surface area contributed by atoms with E-state index in [9.17, 15) is 4.79 Å². The van der Waals surface area contributed by atoms with E-state index in [1.165, 1.54) is 0 Å². The molecule has 1 aliphatic heterocycles. The zero-order valence-corrected chi connectivity index (χ0v) is 25.2. The van der Waals surface area contributed by atoms with Crippen LogP contribution in [-0.4, -0.2) is 76.9 Å². The first-order valence-electron chi connectivity index (χ1n) is 14.9. The number of rotatable bonds is 15. The van der Waals surface area contributed by atoms with E-state index in [2.05, 4.69) is 73.6 Å². The van der Waals surface area contributed by atoms with Crippen molar-refractivity contribution in [2.24, 2.45) is 0 Å². The number of ether oxygens (including phenoxy) is 3. The molecule has 0 saturated heterocycles. The predicted molar refractivity (Wildman–Crippen MR) is 167 cm³/mol. The highest BCUT2D eigenvalue weighted by Gasteiger charge is 2.23. The van der Waals surface area contributed by atoms with E-state index in [4.69, 9.17) is 23.7 Å². The molecule has 8 nitrogen and oxygen atoms in total. The number of carbonyl (C=O) groups excluding carboxylic acids is 1. The van der Waals surface area contributed by atoms with Crippen LogP contribution in [0, 0.1) is 0 Å². The molecule has 0 fully saturated rings. The third-order valence-electron chi connectivity index (χ3n) is 7.43. The maximum Gasteiger partial charge on any atom is 0.338 e. The molecule has 2 aromatic rings. The highest BCUT2D eigenvalue weighted by molar-refractivity contribution is 6.08. The van der Waals surface area contributed by atoms with Crippen LogP contribution in [0.25, 0.3) is 33.4 Å². The van der Waals surface area contributed by atoms with Crippen molar-refractivity contribution in [1.29, 1.82) is 0 Å². The smallest absolute Gasteiger partial charge is 0.338 e. The van der Waals surface area contributed by atoms with Gasteiger partial charge < -0.3 is 28.6 Å². The first-order chi connectivity index (χ1) is 20.6. The Morgan fingerprint density at radius 2 is 1.55 bits per heavy atom. The Hall–Kier alpha value is -3.72. The van der Waals surface area contributed by atoms with Crippen LogP contribution < -0.4 is 14.8 Å². The van der Waals surface area contributed by atoms with Crippen molar-refractivity contribution in [2.75, 3.05) is 70.7 Å². The monoisotopic (exact) mass is 575 g/mol. The predicted octanol–water partition coefficient (Wildman–Crippen LogP) is 5.05. The van der Waals surface area contributed by atoms with E-state index in [0.717, 1.165) is 70.6 Å². The number of fused-ring (bicyclic) bond motifs is 2. The molecule has 4 rings (SSSR count). The van der Waals surface area contributed by atoms with Crippen LogP contribution in [0.3, 0.4) is 0 Å². The van der Waals surface area contributed by atoms with E-state index in [1.807, 2.05) is 18.2 Å². The summed E-state index contributed by atoms with van der Waals surface area (Å²) in [6.07, 6.45) is 0. The van der Waals surface area contributed by atoms with Gasteiger partial charge in [-0.3, -0.25) is 0 Å². The summed E-state index contributed by atoms with van der Waals surface area (Å²) in [6.45, 7) is 13.5. The normalized spacial score (nSPS) is 11.3. The summed E-state index contributed by atoms with van der Waals surface area (Å²) < 4.78 is 25.2. The molecule has 0 amide bonds. The molecule has 2 aliphatic rings. The molecule has 0 radical (unpaired) electrons. The van der Waals surface area contributed by atoms with Crippen molar-refractivity contribution >= 4 is 22.6 Å². The van der Waals surface area contributed by atoms with E-state index >= 15 is 0 Å². The van der Waals surface area contributed by atoms with Crippen LogP contribution >= 0.6 is 0 Å². The summed E-state index contributed by atoms with van der Waals surface area (Å²) >= 11 is 0. The van der Waals surface area contributed by atoms with Gasteiger partial charge in [-0.2, -0.15) is 0 Å². The molecular weight excluding hydrogens is 532 g/mol. The molecule has 1 aliphatic carbocycles. The van der Waals surface area contributed by atoms with Gasteiger partial charge in [0.25, 0.3) is 0 Å². The van der Waals surface area contributed by atoms with Crippen molar-refractivity contribution in [3.8, 4) is 22.5 Å². The van der Waals surface area contributed by atoms with Crippen molar-refractivity contribution in [3.05, 3.63) is 71.6 Å². The largest absolute Gasteiger partial charge is 0.460 e. The Balaban J connectivity index is 1.77. The molecular formula is C34H43N2O6+. The summed E-state index contributed by atoms with van der Waals surface area (Å²) in [5.74, 6) is 0.353. The van der Waals surface area contributed by atoms with Gasteiger partial charge in [0.2, 0.25) is 5.36 Å². The van der Waals surface area contributed by atoms with Gasteiger partial charge in [0.05, 0.1) is 44.7 Å². The summed E-state index contributed by atoms with van der Waals surface area (Å²) in [5.41, 5.74) is 5.00. The second-order valence-corrected chi connectivity index (χ2v) is 9.81. The summed E-state index contributed by atoms with van der Waals surface area (Å²) in [4.78, 5) is 15.6. The second kappa shape index (κ2) is 15.5. The lowest BCUT2D eigenvalue weighted by Crippen LogP contribution is -2.29. The third-order valence-corrected chi connectivity index (χ3v) is 7.43. The van der Waals surface area contributed by atoms with Crippen molar-refractivity contribution in [2.45, 2.75) is 27.7 Å². The molecule has 1 N–H and O–H groups in total. The standard InChI is InChI=1S/C34H43N2O6/c1-5-35(6-2)25-13-15-29-31(23-25)42-32-24-26(36(7-3)8-4)14-16-30(32)33(29)27-11-9-10-12-28(27)34(38)41-22-21-40-20-19-39-18-17-37/h9-16,23-24,37H,5-8,17-22H2,1-4H3/q+1. The van der Waals surface area contributed by atoms with Gasteiger partial charge in [0.15, 0.2) is 0 Å². The van der Waals surface area contributed by atoms with Crippen LogP contribution in [0.2, 0.25) is 0 Å². The van der Waals surface area contributed by atoms with Gasteiger partial charge >= 0.3 is 5.97 Å². The summed E-state index contributed by atoms with van der Waals surface area (Å²) in [5, 5.41) is 10.8. The lowest BCUT2D eigenvalue weighted by molar-refractivity contribution is 0.00923. The first-order valence-corrected chi connectivity index (χ1v) is 14.9. The Bertz CT molecular complexity index is 1500. The van der Waals surface area contributed by atoms with Crippen LogP contribution in [0.1, 0.15) is 38.1 Å². The van der Waals surface area contributed by atoms with Crippen molar-refractivity contribution in [1.82, 2.24) is 4.58 Å². The number of carbonyl (C=O) groups is 1. The fourth-order valence-corrected chi connectivity index (χ4v) is 5.27. The Labute approximate surface area is 248 Å². The fraction of sp³-hybridized carbons (Fsp3) is 0.412. The maximum atomic E-state index is 13.4. The molecule has 8 heteroatoms. The van der Waals surface area contributed by atoms with Gasteiger partial charge in [-0.25, -0.2) is 9.37 Å². The highest BCUT2D eigenvalue weighted by atomic mass is 16.6. The second-order valence-electron chi connectivity index (χ2n) is 9.81. The first kappa shape index (κ1) is 31.2. The summed E-state index contributed by atoms with van der Waals surface area (Å²) in [7, 11) is 0. The summed E-state index contributed by atoms with van der Waals surface area (Å²) in [6, 6.07) is 20.2. The quantitative estimate of drug-likeness (QED) is 0.0920. The van der Waals surface area contributed by atoms with Gasteiger partial charge in [-0.15, -0.1) is 0 Å². The van der Waals surface area contributed by atoms with Crippen LogP contribution in [0.15, 0.2) is 65.1 Å². The minimum atomic E-state index is -0.410. The number of esters is 1. The molecule has 0 atom stereocenters. The number of aliphatic hydroxyl groups excluding tert-OH is 1. The van der Waals surface area contributed by atoms with Crippen LogP contribution in [-0.2, 0) is 14.2 Å². The van der Waals surface area contributed by atoms with Crippen LogP contribution in [0.4, 0.5) is 5.69 Å². The number of hydrogen-bond donors (Lipinski definition) is 1. The molecule has 2 aromatic carbocycles. The lowest BCUT2D eigenvalue weighted by Gasteiger charge is -2.22. The van der Waals surface area contributed by atoms with Crippen LogP contribution in [0.5, 0.6) is 0 Å². The molecule has 1 heterocycles. The number of benzene rings is 3. The fourth-order valence-electron chi connectivity index (χ4n) is 5.27. The van der Waals surface area contributed by atoms with Crippen molar-refractivity contribution < 1.29 is 28.5 Å². The highest BCUT2D eigenvalue weighted by Crippen LogP contribution is 2.42. The van der Waals surface area contributed by atoms with E-state index in [0.29, 0.717) is 18.8 Å². The molecule has 0 spiro atoms. The number of aliphatic hydroxyl groups is 1. The SMILES string of the molecule is CCN(CC)c1ccc2c(-c3ccccc3C(=O)OCCOCCOCCO)c3ccc(=[N+](CC)CC)cc-3oc2c1.